The number of hydroxylamine groups is 2. The number of nitrogens with zero attached hydrogens (tertiary/aromatic N) is 1. The molecule has 0 saturated carbocycles. The van der Waals surface area contributed by atoms with Crippen LogP contribution in [0.4, 0.5) is 0 Å². The first-order valence-electron chi connectivity index (χ1n) is 7.47. The highest BCUT2D eigenvalue weighted by Crippen LogP contribution is 2.43. The van der Waals surface area contributed by atoms with Crippen molar-refractivity contribution < 1.29 is 14.4 Å². The van der Waals surface area contributed by atoms with Crippen LogP contribution >= 0.6 is 0 Å². The molecule has 1 aliphatic heterocycles. The number of carbonyl (C=O) groups is 2. The van der Waals surface area contributed by atoms with E-state index in [1.54, 1.807) is 7.11 Å². The lowest BCUT2D eigenvalue weighted by atomic mass is 9.72. The minimum Gasteiger partial charge on any atom is -0.301 e. The summed E-state index contributed by atoms with van der Waals surface area (Å²) >= 11 is 0. The second-order valence-electron chi connectivity index (χ2n) is 7.35. The van der Waals surface area contributed by atoms with E-state index < -0.39 is 0 Å². The number of allylic oxidation sites excluding steroid dienone is 4. The van der Waals surface area contributed by atoms with E-state index in [2.05, 4.69) is 32.8 Å². The number of ketones is 2. The van der Waals surface area contributed by atoms with Crippen LogP contribution in [0.5, 0.6) is 0 Å². The van der Waals surface area contributed by atoms with Gasteiger partial charge in [0.1, 0.15) is 0 Å². The Morgan fingerprint density at radius 3 is 2.24 bits per heavy atom. The zero-order valence-electron chi connectivity index (χ0n) is 13.6. The largest absolute Gasteiger partial charge is 0.301 e. The Kier molecular flexibility index (Phi) is 4.22. The fourth-order valence-electron chi connectivity index (χ4n) is 4.14. The molecule has 0 amide bonds. The minimum absolute atomic E-state index is 0.0283. The Labute approximate surface area is 126 Å². The van der Waals surface area contributed by atoms with E-state index in [0.717, 1.165) is 12.8 Å². The zero-order chi connectivity index (χ0) is 15.8. The van der Waals surface area contributed by atoms with E-state index in [-0.39, 0.29) is 22.6 Å². The van der Waals surface area contributed by atoms with Gasteiger partial charge in [0.15, 0.2) is 11.6 Å². The monoisotopic (exact) mass is 291 g/mol. The maximum absolute atomic E-state index is 11.9. The highest BCUT2D eigenvalue weighted by atomic mass is 16.7. The average Bonchev–Trinajstić information content (AvgIpc) is 2.31. The average molecular weight is 291 g/mol. The predicted octanol–water partition coefficient (Wildman–Crippen LogP) is 2.84. The molecule has 0 aromatic carbocycles. The van der Waals surface area contributed by atoms with Crippen molar-refractivity contribution >= 4 is 11.6 Å². The Balaban J connectivity index is 2.16. The summed E-state index contributed by atoms with van der Waals surface area (Å²) in [5.41, 5.74) is 0.448. The highest BCUT2D eigenvalue weighted by molar-refractivity contribution is 6.17. The van der Waals surface area contributed by atoms with Crippen LogP contribution in [0.3, 0.4) is 0 Å². The smallest absolute Gasteiger partial charge is 0.182 e. The molecular formula is C17H25NO3. The SMILES string of the molecule is CON1C(C)(C)CC(CC2=CC(=O)C=CC2=O)CC1(C)C. The van der Waals surface area contributed by atoms with Crippen LogP contribution in [0.25, 0.3) is 0 Å². The second kappa shape index (κ2) is 5.50. The molecule has 0 aromatic heterocycles. The van der Waals surface area contributed by atoms with Gasteiger partial charge >= 0.3 is 0 Å². The molecule has 0 aromatic rings. The Bertz CT molecular complexity index is 496. The molecule has 2 aliphatic rings. The lowest BCUT2D eigenvalue weighted by Crippen LogP contribution is -2.59. The fourth-order valence-corrected chi connectivity index (χ4v) is 4.14. The number of hydrogen-bond acceptors (Lipinski definition) is 4. The molecule has 0 unspecified atom stereocenters. The van der Waals surface area contributed by atoms with Crippen molar-refractivity contribution in [3.63, 3.8) is 0 Å². The fraction of sp³-hybridized carbons (Fsp3) is 0.647. The van der Waals surface area contributed by atoms with Crippen molar-refractivity contribution in [3.8, 4) is 0 Å². The number of carbonyl (C=O) groups excluding carboxylic acids is 2. The lowest BCUT2D eigenvalue weighted by molar-refractivity contribution is -0.271. The van der Waals surface area contributed by atoms with Crippen molar-refractivity contribution in [1.82, 2.24) is 5.06 Å². The van der Waals surface area contributed by atoms with Gasteiger partial charge in [0.25, 0.3) is 0 Å². The van der Waals surface area contributed by atoms with E-state index >= 15 is 0 Å². The van der Waals surface area contributed by atoms with E-state index in [4.69, 9.17) is 4.84 Å². The van der Waals surface area contributed by atoms with Crippen molar-refractivity contribution in [3.05, 3.63) is 23.8 Å². The quantitative estimate of drug-likeness (QED) is 0.750. The van der Waals surface area contributed by atoms with Crippen LogP contribution in [0.15, 0.2) is 23.8 Å². The third-order valence-electron chi connectivity index (χ3n) is 4.40. The van der Waals surface area contributed by atoms with Gasteiger partial charge in [0.05, 0.1) is 7.11 Å². The van der Waals surface area contributed by atoms with Crippen LogP contribution < -0.4 is 0 Å². The Hall–Kier alpha value is -1.26. The van der Waals surface area contributed by atoms with Crippen LogP contribution in [-0.4, -0.2) is 34.8 Å². The first-order chi connectivity index (χ1) is 9.65. The molecule has 0 spiro atoms. The second-order valence-corrected chi connectivity index (χ2v) is 7.35. The topological polar surface area (TPSA) is 46.6 Å². The van der Waals surface area contributed by atoms with Crippen molar-refractivity contribution in [2.24, 2.45) is 5.92 Å². The summed E-state index contributed by atoms with van der Waals surface area (Å²) in [6.45, 7) is 8.64. The van der Waals surface area contributed by atoms with Crippen LogP contribution in [0.2, 0.25) is 0 Å². The highest BCUT2D eigenvalue weighted by Gasteiger charge is 2.46. The van der Waals surface area contributed by atoms with Gasteiger partial charge in [0, 0.05) is 16.7 Å². The predicted molar refractivity (Wildman–Crippen MR) is 81.6 cm³/mol. The summed E-state index contributed by atoms with van der Waals surface area (Å²) in [7, 11) is 1.71. The molecule has 0 N–H and O–H groups in total. The lowest BCUT2D eigenvalue weighted by Gasteiger charge is -2.53. The van der Waals surface area contributed by atoms with Gasteiger partial charge in [-0.05, 0) is 71.1 Å². The molecule has 4 nitrogen and oxygen atoms in total. The molecule has 0 atom stereocenters. The summed E-state index contributed by atoms with van der Waals surface area (Å²) in [6, 6.07) is 0. The number of hydrogen-bond donors (Lipinski definition) is 0. The molecule has 1 heterocycles. The third-order valence-corrected chi connectivity index (χ3v) is 4.40. The molecule has 0 radical (unpaired) electrons. The third kappa shape index (κ3) is 3.33. The molecule has 21 heavy (non-hydrogen) atoms. The molecule has 116 valence electrons. The normalized spacial score (nSPS) is 26.0. The van der Waals surface area contributed by atoms with Crippen molar-refractivity contribution in [1.29, 1.82) is 0 Å². The standard InChI is InChI=1S/C17H25NO3/c1-16(2)10-12(11-17(3,4)18(16)21-5)8-13-9-14(19)6-7-15(13)20/h6-7,9,12H,8,10-11H2,1-5H3. The van der Waals surface area contributed by atoms with E-state index in [1.807, 2.05) is 0 Å². The Morgan fingerprint density at radius 1 is 1.14 bits per heavy atom. The van der Waals surface area contributed by atoms with Crippen LogP contribution in [0, 0.1) is 5.92 Å². The summed E-state index contributed by atoms with van der Waals surface area (Å²) in [5, 5.41) is 2.05. The van der Waals surface area contributed by atoms with E-state index in [0.29, 0.717) is 17.9 Å². The molecular weight excluding hydrogens is 266 g/mol. The molecule has 1 aliphatic carbocycles. The zero-order valence-corrected chi connectivity index (χ0v) is 13.6. The van der Waals surface area contributed by atoms with Crippen LogP contribution in [-0.2, 0) is 14.4 Å². The minimum atomic E-state index is -0.0979. The molecule has 2 rings (SSSR count). The van der Waals surface area contributed by atoms with Gasteiger partial charge in [-0.2, -0.15) is 5.06 Å². The van der Waals surface area contributed by atoms with Crippen LogP contribution in [0.1, 0.15) is 47.0 Å². The summed E-state index contributed by atoms with van der Waals surface area (Å²) in [5.74, 6) is 0.257. The van der Waals surface area contributed by atoms with Gasteiger partial charge in [-0.25, -0.2) is 0 Å². The molecule has 1 fully saturated rings. The van der Waals surface area contributed by atoms with E-state index in [1.165, 1.54) is 18.2 Å². The molecule has 1 saturated heterocycles. The maximum atomic E-state index is 11.9. The van der Waals surface area contributed by atoms with Crippen molar-refractivity contribution in [2.75, 3.05) is 7.11 Å². The van der Waals surface area contributed by atoms with Gasteiger partial charge in [-0.1, -0.05) is 0 Å². The molecule has 4 heteroatoms. The van der Waals surface area contributed by atoms with E-state index in [9.17, 15) is 9.59 Å². The number of rotatable bonds is 3. The first-order valence-corrected chi connectivity index (χ1v) is 7.47. The van der Waals surface area contributed by atoms with Gasteiger partial charge < -0.3 is 4.84 Å². The Morgan fingerprint density at radius 2 is 1.71 bits per heavy atom. The summed E-state index contributed by atoms with van der Waals surface area (Å²) in [6.07, 6.45) is 6.76. The maximum Gasteiger partial charge on any atom is 0.182 e. The summed E-state index contributed by atoms with van der Waals surface area (Å²) < 4.78 is 0. The van der Waals surface area contributed by atoms with Gasteiger partial charge in [-0.3, -0.25) is 9.59 Å². The van der Waals surface area contributed by atoms with Crippen molar-refractivity contribution in [2.45, 2.75) is 58.0 Å². The molecule has 0 bridgehead atoms. The first kappa shape index (κ1) is 16.1. The summed E-state index contributed by atoms with van der Waals surface area (Å²) in [4.78, 5) is 29.0. The van der Waals surface area contributed by atoms with Gasteiger partial charge in [0.2, 0.25) is 0 Å². The van der Waals surface area contributed by atoms with Gasteiger partial charge in [-0.15, -0.1) is 0 Å². The number of piperidine rings is 1.